The molecule has 2 aromatic carbocycles. The maximum atomic E-state index is 12.3. The van der Waals surface area contributed by atoms with Gasteiger partial charge in [0, 0.05) is 12.2 Å². The Hall–Kier alpha value is -2.54. The van der Waals surface area contributed by atoms with Gasteiger partial charge in [-0.2, -0.15) is 0 Å². The highest BCUT2D eigenvalue weighted by Gasteiger charge is 2.28. The predicted molar refractivity (Wildman–Crippen MR) is 93.0 cm³/mol. The maximum absolute atomic E-state index is 12.3. The van der Waals surface area contributed by atoms with Crippen molar-refractivity contribution in [3.05, 3.63) is 53.6 Å². The summed E-state index contributed by atoms with van der Waals surface area (Å²) < 4.78 is 25.2. The number of benzene rings is 2. The van der Waals surface area contributed by atoms with E-state index in [2.05, 4.69) is 5.32 Å². The molecule has 7 heteroatoms. The molecule has 0 atom stereocenters. The number of hydrogen-bond acceptors (Lipinski definition) is 4. The van der Waals surface area contributed by atoms with Gasteiger partial charge in [0.1, 0.15) is 5.75 Å². The Balaban J connectivity index is 1.77. The Kier molecular flexibility index (Phi) is 4.19. The second-order valence-corrected chi connectivity index (χ2v) is 7.78. The lowest BCUT2D eigenvalue weighted by molar-refractivity contribution is 0.102. The van der Waals surface area contributed by atoms with Crippen LogP contribution in [0.15, 0.2) is 42.5 Å². The van der Waals surface area contributed by atoms with Crippen LogP contribution in [0.4, 0.5) is 11.4 Å². The highest BCUT2D eigenvalue weighted by atomic mass is 32.2. The van der Waals surface area contributed by atoms with Crippen LogP contribution in [-0.2, 0) is 10.0 Å². The molecule has 1 heterocycles. The second kappa shape index (κ2) is 6.16. The first-order chi connectivity index (χ1) is 11.4. The lowest BCUT2D eigenvalue weighted by atomic mass is 10.1. The summed E-state index contributed by atoms with van der Waals surface area (Å²) in [5.74, 6) is -0.339. The summed E-state index contributed by atoms with van der Waals surface area (Å²) in [7, 11) is -3.22. The van der Waals surface area contributed by atoms with Crippen LogP contribution >= 0.6 is 0 Å². The van der Waals surface area contributed by atoms with Crippen LogP contribution in [0.5, 0.6) is 5.75 Å². The van der Waals surface area contributed by atoms with Gasteiger partial charge in [-0.3, -0.25) is 9.10 Å². The van der Waals surface area contributed by atoms with Crippen LogP contribution in [0.1, 0.15) is 22.3 Å². The molecular formula is C17H18N2O4S. The van der Waals surface area contributed by atoms with Crippen molar-refractivity contribution < 1.29 is 18.3 Å². The Morgan fingerprint density at radius 3 is 2.50 bits per heavy atom. The van der Waals surface area contributed by atoms with Gasteiger partial charge in [0.15, 0.2) is 0 Å². The summed E-state index contributed by atoms with van der Waals surface area (Å²) in [5.41, 5.74) is 2.18. The summed E-state index contributed by atoms with van der Waals surface area (Å²) in [6, 6.07) is 11.4. The lowest BCUT2D eigenvalue weighted by Gasteiger charge is -2.17. The number of hydrogen-bond donors (Lipinski definition) is 2. The number of nitrogens with zero attached hydrogens (tertiary/aromatic N) is 1. The molecule has 1 aliphatic heterocycles. The van der Waals surface area contributed by atoms with Gasteiger partial charge in [-0.05, 0) is 49.7 Å². The Morgan fingerprint density at radius 2 is 1.88 bits per heavy atom. The Bertz CT molecular complexity index is 876. The largest absolute Gasteiger partial charge is 0.507 e. The van der Waals surface area contributed by atoms with Crippen molar-refractivity contribution >= 4 is 27.3 Å². The third-order valence-electron chi connectivity index (χ3n) is 3.91. The van der Waals surface area contributed by atoms with Crippen LogP contribution in [0.3, 0.4) is 0 Å². The van der Waals surface area contributed by atoms with Crippen molar-refractivity contribution in [1.82, 2.24) is 0 Å². The second-order valence-electron chi connectivity index (χ2n) is 5.76. The molecule has 1 fully saturated rings. The first-order valence-electron chi connectivity index (χ1n) is 7.58. The van der Waals surface area contributed by atoms with Gasteiger partial charge in [-0.25, -0.2) is 8.42 Å². The highest BCUT2D eigenvalue weighted by molar-refractivity contribution is 7.93. The zero-order valence-electron chi connectivity index (χ0n) is 13.2. The van der Waals surface area contributed by atoms with Gasteiger partial charge in [0.25, 0.3) is 5.91 Å². The van der Waals surface area contributed by atoms with Gasteiger partial charge >= 0.3 is 0 Å². The average Bonchev–Trinajstić information content (AvgIpc) is 2.90. The molecule has 1 amide bonds. The van der Waals surface area contributed by atoms with Crippen molar-refractivity contribution in [2.45, 2.75) is 13.3 Å². The highest BCUT2D eigenvalue weighted by Crippen LogP contribution is 2.26. The van der Waals surface area contributed by atoms with Gasteiger partial charge in [-0.15, -0.1) is 0 Å². The molecule has 24 heavy (non-hydrogen) atoms. The number of sulfonamides is 1. The van der Waals surface area contributed by atoms with Gasteiger partial charge in [-0.1, -0.05) is 11.6 Å². The fourth-order valence-corrected chi connectivity index (χ4v) is 4.24. The lowest BCUT2D eigenvalue weighted by Crippen LogP contribution is -2.25. The number of carbonyl (C=O) groups is 1. The average molecular weight is 346 g/mol. The zero-order chi connectivity index (χ0) is 17.3. The van der Waals surface area contributed by atoms with Crippen LogP contribution in [0, 0.1) is 6.92 Å². The van der Waals surface area contributed by atoms with E-state index in [0.717, 1.165) is 5.56 Å². The summed E-state index contributed by atoms with van der Waals surface area (Å²) in [5, 5.41) is 12.5. The van der Waals surface area contributed by atoms with Crippen LogP contribution in [-0.4, -0.2) is 31.7 Å². The fraction of sp³-hybridized carbons (Fsp3) is 0.235. The first kappa shape index (κ1) is 16.3. The number of aryl methyl sites for hydroxylation is 1. The minimum atomic E-state index is -3.22. The number of rotatable bonds is 3. The number of aromatic hydroxyl groups is 1. The van der Waals surface area contributed by atoms with Gasteiger partial charge in [0.05, 0.1) is 17.0 Å². The van der Waals surface area contributed by atoms with E-state index in [4.69, 9.17) is 0 Å². The SMILES string of the molecule is Cc1ccc(O)c(C(=O)Nc2ccc(N3CCCS3(=O)=O)cc2)c1. The minimum Gasteiger partial charge on any atom is -0.507 e. The molecule has 0 radical (unpaired) electrons. The molecule has 0 aromatic heterocycles. The van der Waals surface area contributed by atoms with Crippen molar-refractivity contribution in [2.24, 2.45) is 0 Å². The van der Waals surface area contributed by atoms with Crippen molar-refractivity contribution in [3.8, 4) is 5.75 Å². The molecule has 126 valence electrons. The Morgan fingerprint density at radius 1 is 1.17 bits per heavy atom. The normalized spacial score (nSPS) is 16.1. The molecule has 3 rings (SSSR count). The van der Waals surface area contributed by atoms with Crippen molar-refractivity contribution in [3.63, 3.8) is 0 Å². The van der Waals surface area contributed by atoms with Crippen LogP contribution < -0.4 is 9.62 Å². The molecule has 1 saturated heterocycles. The molecule has 0 unspecified atom stereocenters. The first-order valence-corrected chi connectivity index (χ1v) is 9.19. The summed E-state index contributed by atoms with van der Waals surface area (Å²) >= 11 is 0. The number of amides is 1. The molecule has 0 saturated carbocycles. The quantitative estimate of drug-likeness (QED) is 0.894. The number of phenolic OH excluding ortho intramolecular Hbond substituents is 1. The third-order valence-corrected chi connectivity index (χ3v) is 5.78. The molecule has 6 nitrogen and oxygen atoms in total. The molecule has 0 bridgehead atoms. The van der Waals surface area contributed by atoms with E-state index in [0.29, 0.717) is 24.3 Å². The zero-order valence-corrected chi connectivity index (χ0v) is 14.0. The smallest absolute Gasteiger partial charge is 0.259 e. The van der Waals surface area contributed by atoms with Crippen LogP contribution in [0.25, 0.3) is 0 Å². The standard InChI is InChI=1S/C17H18N2O4S/c1-12-3-8-16(20)15(11-12)17(21)18-13-4-6-14(7-5-13)19-9-2-10-24(19,22)23/h3-8,11,20H,2,9-10H2,1H3,(H,18,21). The van der Waals surface area contributed by atoms with Gasteiger partial charge < -0.3 is 10.4 Å². The van der Waals surface area contributed by atoms with E-state index in [-0.39, 0.29) is 17.1 Å². The van der Waals surface area contributed by atoms with E-state index < -0.39 is 15.9 Å². The van der Waals surface area contributed by atoms with E-state index in [1.165, 1.54) is 10.4 Å². The maximum Gasteiger partial charge on any atom is 0.259 e. The fourth-order valence-electron chi connectivity index (χ4n) is 2.67. The summed E-state index contributed by atoms with van der Waals surface area (Å²) in [4.78, 5) is 12.3. The number of phenols is 1. The molecule has 0 aliphatic carbocycles. The summed E-state index contributed by atoms with van der Waals surface area (Å²) in [6.45, 7) is 2.31. The molecule has 2 aromatic rings. The third kappa shape index (κ3) is 3.21. The monoisotopic (exact) mass is 346 g/mol. The predicted octanol–water partition coefficient (Wildman–Crippen LogP) is 2.49. The molecule has 1 aliphatic rings. The van der Waals surface area contributed by atoms with E-state index in [1.807, 2.05) is 6.92 Å². The Labute approximate surface area is 140 Å². The number of carbonyl (C=O) groups excluding carboxylic acids is 1. The molecule has 0 spiro atoms. The topological polar surface area (TPSA) is 86.7 Å². The van der Waals surface area contributed by atoms with E-state index in [9.17, 15) is 18.3 Å². The molecule has 2 N–H and O–H groups in total. The van der Waals surface area contributed by atoms with Crippen molar-refractivity contribution in [1.29, 1.82) is 0 Å². The molecular weight excluding hydrogens is 328 g/mol. The van der Waals surface area contributed by atoms with Crippen molar-refractivity contribution in [2.75, 3.05) is 21.9 Å². The number of nitrogens with one attached hydrogen (secondary N) is 1. The van der Waals surface area contributed by atoms with E-state index >= 15 is 0 Å². The van der Waals surface area contributed by atoms with Crippen LogP contribution in [0.2, 0.25) is 0 Å². The summed E-state index contributed by atoms with van der Waals surface area (Å²) in [6.07, 6.45) is 0.619. The number of anilines is 2. The van der Waals surface area contributed by atoms with Gasteiger partial charge in [0.2, 0.25) is 10.0 Å². The van der Waals surface area contributed by atoms with E-state index in [1.54, 1.807) is 36.4 Å². The minimum absolute atomic E-state index is 0.0853.